The van der Waals surface area contributed by atoms with Gasteiger partial charge in [0.2, 0.25) is 5.91 Å². The second-order valence-electron chi connectivity index (χ2n) is 6.28. The van der Waals surface area contributed by atoms with Crippen molar-refractivity contribution in [1.82, 2.24) is 4.90 Å². The average molecular weight is 354 g/mol. The molecule has 1 aliphatic heterocycles. The topological polar surface area (TPSA) is 81.9 Å². The smallest absolute Gasteiger partial charge is 0.343 e. The van der Waals surface area contributed by atoms with Crippen LogP contribution in [0.1, 0.15) is 16.7 Å². The molecule has 0 radical (unpaired) electrons. The first-order valence-corrected chi connectivity index (χ1v) is 8.46. The third kappa shape index (κ3) is 4.21. The van der Waals surface area contributed by atoms with E-state index in [0.717, 1.165) is 5.56 Å². The number of nitrogens with two attached hydrogens (primary N) is 1. The summed E-state index contributed by atoms with van der Waals surface area (Å²) >= 11 is 0. The molecule has 6 nitrogen and oxygen atoms in total. The number of hydrogen-bond donors (Lipinski definition) is 1. The Morgan fingerprint density at radius 1 is 1.08 bits per heavy atom. The van der Waals surface area contributed by atoms with E-state index in [-0.39, 0.29) is 12.5 Å². The highest BCUT2D eigenvalue weighted by molar-refractivity contribution is 5.82. The number of benzene rings is 2. The molecule has 6 heteroatoms. The lowest BCUT2D eigenvalue weighted by molar-refractivity contribution is -0.143. The average Bonchev–Trinajstić information content (AvgIpc) is 3.10. The van der Waals surface area contributed by atoms with Gasteiger partial charge >= 0.3 is 5.97 Å². The van der Waals surface area contributed by atoms with Crippen molar-refractivity contribution in [2.75, 3.05) is 13.7 Å². The molecule has 1 aliphatic rings. The first-order valence-electron chi connectivity index (χ1n) is 8.46. The van der Waals surface area contributed by atoms with Crippen LogP contribution in [0.3, 0.4) is 0 Å². The van der Waals surface area contributed by atoms with Crippen LogP contribution in [0.4, 0.5) is 0 Å². The Kier molecular flexibility index (Phi) is 5.53. The number of amides is 1. The summed E-state index contributed by atoms with van der Waals surface area (Å²) in [7, 11) is 1.31. The van der Waals surface area contributed by atoms with E-state index in [1.807, 2.05) is 36.4 Å². The zero-order valence-electron chi connectivity index (χ0n) is 14.7. The van der Waals surface area contributed by atoms with E-state index >= 15 is 0 Å². The van der Waals surface area contributed by atoms with Crippen molar-refractivity contribution >= 4 is 11.9 Å². The van der Waals surface area contributed by atoms with Crippen LogP contribution in [0, 0.1) is 0 Å². The molecule has 0 spiro atoms. The fraction of sp³-hybridized carbons (Fsp3) is 0.300. The zero-order chi connectivity index (χ0) is 18.5. The van der Waals surface area contributed by atoms with Crippen molar-refractivity contribution in [3.8, 4) is 5.75 Å². The number of fused-ring (bicyclic) bond motifs is 1. The molecular formula is C20H22N2O4. The molecule has 0 fully saturated rings. The predicted octanol–water partition coefficient (Wildman–Crippen LogP) is 1.65. The van der Waals surface area contributed by atoms with E-state index in [4.69, 9.17) is 10.5 Å². The highest BCUT2D eigenvalue weighted by atomic mass is 16.6. The molecule has 0 aromatic heterocycles. The summed E-state index contributed by atoms with van der Waals surface area (Å²) in [5.74, 6) is 0.0783. The first-order chi connectivity index (χ1) is 12.6. The molecule has 2 aromatic rings. The van der Waals surface area contributed by atoms with Crippen LogP contribution in [0.2, 0.25) is 0 Å². The van der Waals surface area contributed by atoms with E-state index in [9.17, 15) is 9.59 Å². The van der Waals surface area contributed by atoms with Crippen molar-refractivity contribution in [2.24, 2.45) is 5.73 Å². The van der Waals surface area contributed by atoms with E-state index in [1.54, 1.807) is 17.0 Å². The third-order valence-corrected chi connectivity index (χ3v) is 4.43. The second-order valence-corrected chi connectivity index (χ2v) is 6.28. The number of methoxy groups -OCH3 is 1. The van der Waals surface area contributed by atoms with E-state index in [0.29, 0.717) is 25.3 Å². The van der Waals surface area contributed by atoms with Crippen molar-refractivity contribution in [3.63, 3.8) is 0 Å². The van der Waals surface area contributed by atoms with Crippen LogP contribution in [0.5, 0.6) is 5.75 Å². The minimum absolute atomic E-state index is 0.0489. The Labute approximate surface area is 152 Å². The van der Waals surface area contributed by atoms with Gasteiger partial charge in [0.1, 0.15) is 5.75 Å². The Hall–Kier alpha value is -2.86. The molecule has 0 saturated heterocycles. The highest BCUT2D eigenvalue weighted by Gasteiger charge is 2.26. The molecular weight excluding hydrogens is 332 g/mol. The number of nitrogens with zero attached hydrogens (tertiary/aromatic N) is 1. The van der Waals surface area contributed by atoms with E-state index in [1.165, 1.54) is 18.2 Å². The number of carbonyl (C=O) groups excluding carboxylic acids is 2. The number of ether oxygens (including phenoxy) is 2. The molecule has 0 aliphatic carbocycles. The maximum Gasteiger partial charge on any atom is 0.343 e. The van der Waals surface area contributed by atoms with Gasteiger partial charge in [-0.2, -0.15) is 0 Å². The van der Waals surface area contributed by atoms with Gasteiger partial charge in [-0.1, -0.05) is 36.4 Å². The Morgan fingerprint density at radius 3 is 2.27 bits per heavy atom. The van der Waals surface area contributed by atoms with Crippen molar-refractivity contribution < 1.29 is 19.1 Å². The van der Waals surface area contributed by atoms with Crippen LogP contribution in [-0.2, 0) is 33.8 Å². The van der Waals surface area contributed by atoms with Gasteiger partial charge in [0.25, 0.3) is 0 Å². The predicted molar refractivity (Wildman–Crippen MR) is 96.3 cm³/mol. The Balaban J connectivity index is 1.54. The summed E-state index contributed by atoms with van der Waals surface area (Å²) in [6, 6.07) is 14.7. The lowest BCUT2D eigenvalue weighted by Gasteiger charge is -2.20. The molecule has 2 aromatic carbocycles. The van der Waals surface area contributed by atoms with Crippen LogP contribution in [0.25, 0.3) is 0 Å². The summed E-state index contributed by atoms with van der Waals surface area (Å²) in [4.78, 5) is 25.5. The minimum Gasteiger partial charge on any atom is -0.482 e. The number of esters is 1. The largest absolute Gasteiger partial charge is 0.482 e. The molecule has 3 rings (SSSR count). The van der Waals surface area contributed by atoms with Gasteiger partial charge < -0.3 is 20.1 Å². The van der Waals surface area contributed by atoms with Crippen LogP contribution in [-0.4, -0.2) is 36.5 Å². The molecule has 136 valence electrons. The van der Waals surface area contributed by atoms with Gasteiger partial charge in [0.05, 0.1) is 13.2 Å². The minimum atomic E-state index is -0.592. The lowest BCUT2D eigenvalue weighted by Crippen LogP contribution is -2.42. The number of rotatable bonds is 6. The van der Waals surface area contributed by atoms with Crippen LogP contribution >= 0.6 is 0 Å². The molecule has 26 heavy (non-hydrogen) atoms. The van der Waals surface area contributed by atoms with Gasteiger partial charge in [0.15, 0.2) is 6.61 Å². The maximum atomic E-state index is 12.6. The highest BCUT2D eigenvalue weighted by Crippen LogP contribution is 2.23. The molecule has 0 bridgehead atoms. The normalized spacial score (nSPS) is 13.8. The van der Waals surface area contributed by atoms with Crippen LogP contribution < -0.4 is 10.5 Å². The monoisotopic (exact) mass is 354 g/mol. The quantitative estimate of drug-likeness (QED) is 0.798. The van der Waals surface area contributed by atoms with Gasteiger partial charge in [-0.25, -0.2) is 4.79 Å². The van der Waals surface area contributed by atoms with Crippen molar-refractivity contribution in [2.45, 2.75) is 25.6 Å². The molecule has 2 N–H and O–H groups in total. The Morgan fingerprint density at radius 2 is 1.69 bits per heavy atom. The SMILES string of the molecule is COC(=O)COc1ccc(C[C@@H](N)C(=O)N2Cc3ccccc3C2)cc1. The third-order valence-electron chi connectivity index (χ3n) is 4.43. The van der Waals surface area contributed by atoms with E-state index < -0.39 is 12.0 Å². The van der Waals surface area contributed by atoms with Gasteiger partial charge in [-0.15, -0.1) is 0 Å². The number of carbonyl (C=O) groups is 2. The first kappa shape index (κ1) is 17.9. The summed E-state index contributed by atoms with van der Waals surface area (Å²) in [6.07, 6.45) is 0.447. The summed E-state index contributed by atoms with van der Waals surface area (Å²) in [5.41, 5.74) is 9.43. The van der Waals surface area contributed by atoms with Gasteiger partial charge in [0, 0.05) is 13.1 Å². The fourth-order valence-corrected chi connectivity index (χ4v) is 2.99. The number of hydrogen-bond acceptors (Lipinski definition) is 5. The molecule has 0 unspecified atom stereocenters. The fourth-order valence-electron chi connectivity index (χ4n) is 2.99. The second kappa shape index (κ2) is 8.01. The zero-order valence-corrected chi connectivity index (χ0v) is 14.7. The molecule has 1 amide bonds. The van der Waals surface area contributed by atoms with Crippen molar-refractivity contribution in [1.29, 1.82) is 0 Å². The Bertz CT molecular complexity index is 764. The van der Waals surface area contributed by atoms with E-state index in [2.05, 4.69) is 4.74 Å². The van der Waals surface area contributed by atoms with Gasteiger partial charge in [-0.3, -0.25) is 4.79 Å². The standard InChI is InChI=1S/C20H22N2O4/c1-25-19(23)13-26-17-8-6-14(7-9-17)10-18(21)20(24)22-11-15-4-2-3-5-16(15)12-22/h2-9,18H,10-13,21H2,1H3/t18-/m1/s1. The van der Waals surface area contributed by atoms with Gasteiger partial charge in [-0.05, 0) is 35.2 Å². The summed E-state index contributed by atoms with van der Waals surface area (Å²) in [6.45, 7) is 1.09. The molecule has 1 heterocycles. The summed E-state index contributed by atoms with van der Waals surface area (Å²) in [5, 5.41) is 0. The molecule has 1 atom stereocenters. The lowest BCUT2D eigenvalue weighted by atomic mass is 10.1. The summed E-state index contributed by atoms with van der Waals surface area (Å²) < 4.78 is 9.83. The van der Waals surface area contributed by atoms with Crippen LogP contribution in [0.15, 0.2) is 48.5 Å². The maximum absolute atomic E-state index is 12.6. The molecule has 0 saturated carbocycles. The van der Waals surface area contributed by atoms with Crippen molar-refractivity contribution in [3.05, 3.63) is 65.2 Å².